The Morgan fingerprint density at radius 1 is 1.05 bits per heavy atom. The van der Waals surface area contributed by atoms with E-state index < -0.39 is 5.82 Å². The van der Waals surface area contributed by atoms with Crippen LogP contribution in [0.3, 0.4) is 0 Å². The van der Waals surface area contributed by atoms with Crippen LogP contribution in [0.1, 0.15) is 20.8 Å². The van der Waals surface area contributed by atoms with E-state index in [1.165, 1.54) is 6.07 Å². The first-order chi connectivity index (χ1) is 8.94. The van der Waals surface area contributed by atoms with E-state index in [-0.39, 0.29) is 11.3 Å². The molecular weight excluding hydrogens is 243 g/mol. The van der Waals surface area contributed by atoms with E-state index in [4.69, 9.17) is 4.74 Å². The average Bonchev–Trinajstić information content (AvgIpc) is 2.30. The molecular formula is C15H17FN2O. The standard InChI is InChI=1S/C15H17FN2O/c1-15(2,3)18-13-9-6-10-14(17-13)19-12-8-5-4-7-11(12)16/h4-10H,1-3H3,(H,17,18). The van der Waals surface area contributed by atoms with Gasteiger partial charge >= 0.3 is 0 Å². The highest BCUT2D eigenvalue weighted by Crippen LogP contribution is 2.24. The first kappa shape index (κ1) is 13.3. The van der Waals surface area contributed by atoms with Crippen molar-refractivity contribution in [3.63, 3.8) is 0 Å². The smallest absolute Gasteiger partial charge is 0.221 e. The van der Waals surface area contributed by atoms with Gasteiger partial charge in [0.1, 0.15) is 5.82 Å². The van der Waals surface area contributed by atoms with Gasteiger partial charge in [0.05, 0.1) is 0 Å². The van der Waals surface area contributed by atoms with E-state index in [2.05, 4.69) is 10.3 Å². The fraction of sp³-hybridized carbons (Fsp3) is 0.267. The summed E-state index contributed by atoms with van der Waals surface area (Å²) in [5.41, 5.74) is -0.0936. The summed E-state index contributed by atoms with van der Waals surface area (Å²) in [7, 11) is 0. The predicted octanol–water partition coefficient (Wildman–Crippen LogP) is 4.22. The van der Waals surface area contributed by atoms with Crippen molar-refractivity contribution in [2.75, 3.05) is 5.32 Å². The predicted molar refractivity (Wildman–Crippen MR) is 74.1 cm³/mol. The molecule has 0 atom stereocenters. The normalized spacial score (nSPS) is 11.2. The molecule has 0 saturated heterocycles. The van der Waals surface area contributed by atoms with Crippen LogP contribution in [0.25, 0.3) is 0 Å². The van der Waals surface area contributed by atoms with Crippen molar-refractivity contribution in [3.8, 4) is 11.6 Å². The summed E-state index contributed by atoms with van der Waals surface area (Å²) in [6.45, 7) is 6.12. The summed E-state index contributed by atoms with van der Waals surface area (Å²) in [4.78, 5) is 4.29. The molecule has 100 valence electrons. The lowest BCUT2D eigenvalue weighted by atomic mass is 10.1. The highest BCUT2D eigenvalue weighted by Gasteiger charge is 2.11. The topological polar surface area (TPSA) is 34.1 Å². The fourth-order valence-corrected chi connectivity index (χ4v) is 1.57. The third-order valence-electron chi connectivity index (χ3n) is 2.28. The van der Waals surface area contributed by atoms with E-state index in [9.17, 15) is 4.39 Å². The number of halogens is 1. The monoisotopic (exact) mass is 260 g/mol. The number of para-hydroxylation sites is 1. The second-order valence-corrected chi connectivity index (χ2v) is 5.27. The zero-order valence-corrected chi connectivity index (χ0v) is 11.3. The molecule has 19 heavy (non-hydrogen) atoms. The van der Waals surface area contributed by atoms with Crippen molar-refractivity contribution in [1.29, 1.82) is 0 Å². The third kappa shape index (κ3) is 3.95. The molecule has 0 bridgehead atoms. The number of nitrogens with zero attached hydrogens (tertiary/aromatic N) is 1. The number of nitrogens with one attached hydrogen (secondary N) is 1. The van der Waals surface area contributed by atoms with Crippen LogP contribution in [-0.4, -0.2) is 10.5 Å². The van der Waals surface area contributed by atoms with Gasteiger partial charge in [-0.3, -0.25) is 0 Å². The number of ether oxygens (including phenoxy) is 1. The summed E-state index contributed by atoms with van der Waals surface area (Å²) < 4.78 is 18.9. The molecule has 1 N–H and O–H groups in total. The maximum absolute atomic E-state index is 13.5. The van der Waals surface area contributed by atoms with E-state index >= 15 is 0 Å². The lowest BCUT2D eigenvalue weighted by Gasteiger charge is -2.21. The number of rotatable bonds is 3. The van der Waals surface area contributed by atoms with Crippen LogP contribution in [0, 0.1) is 5.82 Å². The summed E-state index contributed by atoms with van der Waals surface area (Å²) in [5, 5.41) is 3.24. The number of pyridine rings is 1. The molecule has 1 aromatic carbocycles. The molecule has 0 aliphatic carbocycles. The molecule has 0 radical (unpaired) electrons. The fourth-order valence-electron chi connectivity index (χ4n) is 1.57. The summed E-state index contributed by atoms with van der Waals surface area (Å²) >= 11 is 0. The Kier molecular flexibility index (Phi) is 3.69. The van der Waals surface area contributed by atoms with E-state index in [1.807, 2.05) is 32.9 Å². The van der Waals surface area contributed by atoms with Crippen molar-refractivity contribution >= 4 is 5.82 Å². The van der Waals surface area contributed by atoms with Gasteiger partial charge in [0.15, 0.2) is 11.6 Å². The second-order valence-electron chi connectivity index (χ2n) is 5.27. The van der Waals surface area contributed by atoms with Gasteiger partial charge in [-0.15, -0.1) is 0 Å². The molecule has 0 aliphatic rings. The van der Waals surface area contributed by atoms with Crippen molar-refractivity contribution in [2.24, 2.45) is 0 Å². The Morgan fingerprint density at radius 3 is 2.47 bits per heavy atom. The van der Waals surface area contributed by atoms with Crippen LogP contribution in [0.5, 0.6) is 11.6 Å². The molecule has 0 spiro atoms. The van der Waals surface area contributed by atoms with Crippen LogP contribution in [-0.2, 0) is 0 Å². The molecule has 3 nitrogen and oxygen atoms in total. The SMILES string of the molecule is CC(C)(C)Nc1cccc(Oc2ccccc2F)n1. The van der Waals surface area contributed by atoms with E-state index in [0.29, 0.717) is 11.7 Å². The van der Waals surface area contributed by atoms with Crippen molar-refractivity contribution in [1.82, 2.24) is 4.98 Å². The van der Waals surface area contributed by atoms with Gasteiger partial charge in [0, 0.05) is 11.6 Å². The Bertz CT molecular complexity index is 564. The molecule has 2 rings (SSSR count). The molecule has 2 aromatic rings. The minimum Gasteiger partial charge on any atom is -0.436 e. The lowest BCUT2D eigenvalue weighted by Crippen LogP contribution is -2.26. The maximum Gasteiger partial charge on any atom is 0.221 e. The zero-order chi connectivity index (χ0) is 13.9. The number of anilines is 1. The number of aromatic nitrogens is 1. The van der Waals surface area contributed by atoms with Gasteiger partial charge in [-0.1, -0.05) is 18.2 Å². The maximum atomic E-state index is 13.5. The third-order valence-corrected chi connectivity index (χ3v) is 2.28. The second kappa shape index (κ2) is 5.26. The molecule has 4 heteroatoms. The Balaban J connectivity index is 2.18. The summed E-state index contributed by atoms with van der Waals surface area (Å²) in [6.07, 6.45) is 0. The molecule has 0 fully saturated rings. The number of benzene rings is 1. The summed E-state index contributed by atoms with van der Waals surface area (Å²) in [5.74, 6) is 0.821. The lowest BCUT2D eigenvalue weighted by molar-refractivity contribution is 0.427. The Labute approximate surface area is 112 Å². The van der Waals surface area contributed by atoms with Crippen LogP contribution < -0.4 is 10.1 Å². The van der Waals surface area contributed by atoms with Crippen molar-refractivity contribution in [3.05, 3.63) is 48.3 Å². The summed E-state index contributed by atoms with van der Waals surface area (Å²) in [6, 6.07) is 11.6. The van der Waals surface area contributed by atoms with Gasteiger partial charge in [-0.2, -0.15) is 4.98 Å². The van der Waals surface area contributed by atoms with Crippen LogP contribution >= 0.6 is 0 Å². The quantitative estimate of drug-likeness (QED) is 0.897. The largest absolute Gasteiger partial charge is 0.436 e. The highest BCUT2D eigenvalue weighted by molar-refractivity contribution is 5.40. The van der Waals surface area contributed by atoms with Gasteiger partial charge in [-0.25, -0.2) is 4.39 Å². The molecule has 0 unspecified atom stereocenters. The molecule has 1 aromatic heterocycles. The zero-order valence-electron chi connectivity index (χ0n) is 11.3. The molecule has 0 aliphatic heterocycles. The average molecular weight is 260 g/mol. The van der Waals surface area contributed by atoms with Crippen LogP contribution in [0.4, 0.5) is 10.2 Å². The number of hydrogen-bond donors (Lipinski definition) is 1. The highest BCUT2D eigenvalue weighted by atomic mass is 19.1. The van der Waals surface area contributed by atoms with E-state index in [0.717, 1.165) is 0 Å². The first-order valence-corrected chi connectivity index (χ1v) is 6.12. The van der Waals surface area contributed by atoms with Crippen LogP contribution in [0.2, 0.25) is 0 Å². The van der Waals surface area contributed by atoms with Gasteiger partial charge in [-0.05, 0) is 39.0 Å². The van der Waals surface area contributed by atoms with Crippen LogP contribution in [0.15, 0.2) is 42.5 Å². The molecule has 0 saturated carbocycles. The van der Waals surface area contributed by atoms with E-state index in [1.54, 1.807) is 24.3 Å². The molecule has 1 heterocycles. The minimum atomic E-state index is -0.404. The first-order valence-electron chi connectivity index (χ1n) is 6.12. The molecule has 0 amide bonds. The minimum absolute atomic E-state index is 0.0936. The Hall–Kier alpha value is -2.10. The van der Waals surface area contributed by atoms with Gasteiger partial charge in [0.2, 0.25) is 5.88 Å². The Morgan fingerprint density at radius 2 is 1.79 bits per heavy atom. The van der Waals surface area contributed by atoms with Gasteiger partial charge < -0.3 is 10.1 Å². The van der Waals surface area contributed by atoms with Gasteiger partial charge in [0.25, 0.3) is 0 Å². The van der Waals surface area contributed by atoms with Crippen molar-refractivity contribution in [2.45, 2.75) is 26.3 Å². The van der Waals surface area contributed by atoms with Crippen molar-refractivity contribution < 1.29 is 9.13 Å². The number of hydrogen-bond acceptors (Lipinski definition) is 3.